The third-order valence-corrected chi connectivity index (χ3v) is 4.25. The largest absolute Gasteiger partial charge is 0.497 e. The molecule has 2 N–H and O–H groups in total. The van der Waals surface area contributed by atoms with E-state index < -0.39 is 12.1 Å². The number of benzene rings is 1. The van der Waals surface area contributed by atoms with Crippen LogP contribution < -0.4 is 15.4 Å². The molecule has 142 valence electrons. The van der Waals surface area contributed by atoms with Crippen LogP contribution in [0.2, 0.25) is 0 Å². The zero-order chi connectivity index (χ0) is 19.4. The number of aromatic nitrogens is 2. The highest BCUT2D eigenvalue weighted by atomic mass is 16.5. The van der Waals surface area contributed by atoms with E-state index in [2.05, 4.69) is 15.7 Å². The first-order valence-corrected chi connectivity index (χ1v) is 8.50. The Labute approximate surface area is 156 Å². The summed E-state index contributed by atoms with van der Waals surface area (Å²) in [4.78, 5) is 37.8. The zero-order valence-corrected chi connectivity index (χ0v) is 15.1. The van der Waals surface area contributed by atoms with E-state index >= 15 is 0 Å². The topological polar surface area (TPSA) is 106 Å². The van der Waals surface area contributed by atoms with Crippen molar-refractivity contribution >= 4 is 23.7 Å². The summed E-state index contributed by atoms with van der Waals surface area (Å²) in [7, 11) is 3.32. The predicted octanol–water partition coefficient (Wildman–Crippen LogP) is 1.27. The van der Waals surface area contributed by atoms with Crippen LogP contribution in [0.1, 0.15) is 18.4 Å². The number of rotatable bonds is 7. The van der Waals surface area contributed by atoms with Crippen LogP contribution in [-0.2, 0) is 23.2 Å². The second-order valence-corrected chi connectivity index (χ2v) is 6.24. The lowest BCUT2D eigenvalue weighted by Crippen LogP contribution is -2.31. The third-order valence-electron chi connectivity index (χ3n) is 4.25. The molecule has 0 spiro atoms. The number of carbonyl (C=O) groups excluding carboxylic acids is 3. The predicted molar refractivity (Wildman–Crippen MR) is 96.9 cm³/mol. The fraction of sp³-hybridized carbons (Fsp3) is 0.333. The van der Waals surface area contributed by atoms with Gasteiger partial charge in [-0.3, -0.25) is 19.2 Å². The average Bonchev–Trinajstić information content (AvgIpc) is 3.18. The molecule has 0 saturated carbocycles. The number of nitrogens with one attached hydrogen (secondary N) is 2. The molecule has 1 aromatic heterocycles. The summed E-state index contributed by atoms with van der Waals surface area (Å²) in [5.41, 5.74) is 0.813. The third kappa shape index (κ3) is 4.43. The van der Waals surface area contributed by atoms with Gasteiger partial charge in [-0.15, -0.1) is 0 Å². The number of hydrogen-bond acceptors (Lipinski definition) is 5. The van der Waals surface area contributed by atoms with Crippen LogP contribution in [0.3, 0.4) is 0 Å². The van der Waals surface area contributed by atoms with E-state index in [4.69, 9.17) is 4.74 Å². The minimum atomic E-state index is -0.703. The standard InChI is InChI=1S/C18H21N5O4/c1-22-10-9-15(21-22)20-16(24)8-7-14-17(25)23(18(26)19-14)11-12-3-5-13(27-2)6-4-12/h3-6,9-10,14H,7-8,11H2,1-2H3,(H,19,26)(H,20,21,24). The molecule has 1 unspecified atom stereocenters. The van der Waals surface area contributed by atoms with Crippen LogP contribution >= 0.6 is 0 Å². The Kier molecular flexibility index (Phi) is 5.39. The molecular weight excluding hydrogens is 350 g/mol. The fourth-order valence-corrected chi connectivity index (χ4v) is 2.80. The summed E-state index contributed by atoms with van der Waals surface area (Å²) in [6.45, 7) is 0.172. The van der Waals surface area contributed by atoms with Crippen molar-refractivity contribution in [2.75, 3.05) is 12.4 Å². The number of ether oxygens (including phenoxy) is 1. The highest BCUT2D eigenvalue weighted by Crippen LogP contribution is 2.17. The minimum Gasteiger partial charge on any atom is -0.497 e. The number of carbonyl (C=O) groups is 3. The Balaban J connectivity index is 1.52. The average molecular weight is 371 g/mol. The lowest BCUT2D eigenvalue weighted by molar-refractivity contribution is -0.128. The summed E-state index contributed by atoms with van der Waals surface area (Å²) in [5, 5.41) is 9.35. The van der Waals surface area contributed by atoms with Crippen molar-refractivity contribution in [1.82, 2.24) is 20.0 Å². The van der Waals surface area contributed by atoms with Crippen LogP contribution in [0.15, 0.2) is 36.5 Å². The second-order valence-electron chi connectivity index (χ2n) is 6.24. The van der Waals surface area contributed by atoms with E-state index in [1.165, 1.54) is 0 Å². The van der Waals surface area contributed by atoms with Gasteiger partial charge in [-0.05, 0) is 24.1 Å². The Morgan fingerprint density at radius 1 is 1.26 bits per heavy atom. The first kappa shape index (κ1) is 18.4. The van der Waals surface area contributed by atoms with E-state index in [0.29, 0.717) is 11.6 Å². The fourth-order valence-electron chi connectivity index (χ4n) is 2.80. The van der Waals surface area contributed by atoms with Crippen molar-refractivity contribution in [2.45, 2.75) is 25.4 Å². The summed E-state index contributed by atoms with van der Waals surface area (Å²) >= 11 is 0. The van der Waals surface area contributed by atoms with Crippen molar-refractivity contribution in [3.63, 3.8) is 0 Å². The number of urea groups is 1. The van der Waals surface area contributed by atoms with Crippen LogP contribution in [0.4, 0.5) is 10.6 Å². The lowest BCUT2D eigenvalue weighted by atomic mass is 10.1. The SMILES string of the molecule is COc1ccc(CN2C(=O)NC(CCC(=O)Nc3ccn(C)n3)C2=O)cc1. The molecule has 27 heavy (non-hydrogen) atoms. The van der Waals surface area contributed by atoms with E-state index in [0.717, 1.165) is 10.5 Å². The smallest absolute Gasteiger partial charge is 0.325 e. The van der Waals surface area contributed by atoms with Crippen molar-refractivity contribution in [1.29, 1.82) is 0 Å². The molecule has 3 rings (SSSR count). The van der Waals surface area contributed by atoms with Gasteiger partial charge in [0.25, 0.3) is 5.91 Å². The number of methoxy groups -OCH3 is 1. The molecule has 9 nitrogen and oxygen atoms in total. The van der Waals surface area contributed by atoms with Gasteiger partial charge < -0.3 is 15.4 Å². The number of aryl methyl sites for hydroxylation is 1. The van der Waals surface area contributed by atoms with Gasteiger partial charge in [0, 0.05) is 25.7 Å². The molecule has 1 fully saturated rings. The maximum atomic E-state index is 12.5. The van der Waals surface area contributed by atoms with Crippen LogP contribution in [0, 0.1) is 0 Å². The molecule has 1 aliphatic rings. The van der Waals surface area contributed by atoms with Gasteiger partial charge in [0.15, 0.2) is 5.82 Å². The Hall–Kier alpha value is -3.36. The first-order valence-electron chi connectivity index (χ1n) is 8.50. The highest BCUT2D eigenvalue weighted by molar-refractivity contribution is 6.04. The Bertz CT molecular complexity index is 846. The quantitative estimate of drug-likeness (QED) is 0.713. The molecule has 0 aliphatic carbocycles. The lowest BCUT2D eigenvalue weighted by Gasteiger charge is -2.13. The molecule has 1 aromatic carbocycles. The molecule has 1 saturated heterocycles. The van der Waals surface area contributed by atoms with Crippen molar-refractivity contribution < 1.29 is 19.1 Å². The summed E-state index contributed by atoms with van der Waals surface area (Å²) < 4.78 is 6.67. The van der Waals surface area contributed by atoms with E-state index in [-0.39, 0.29) is 31.2 Å². The van der Waals surface area contributed by atoms with Crippen molar-refractivity contribution in [2.24, 2.45) is 7.05 Å². The van der Waals surface area contributed by atoms with Gasteiger partial charge in [0.2, 0.25) is 5.91 Å². The van der Waals surface area contributed by atoms with Gasteiger partial charge in [-0.1, -0.05) is 12.1 Å². The molecule has 2 aromatic rings. The first-order chi connectivity index (χ1) is 13.0. The number of amides is 4. The summed E-state index contributed by atoms with van der Waals surface area (Å²) in [5.74, 6) is 0.559. The normalized spacial score (nSPS) is 16.4. The number of anilines is 1. The Morgan fingerprint density at radius 3 is 2.63 bits per heavy atom. The summed E-state index contributed by atoms with van der Waals surface area (Å²) in [6, 6.07) is 7.66. The van der Waals surface area contributed by atoms with E-state index in [9.17, 15) is 14.4 Å². The van der Waals surface area contributed by atoms with Gasteiger partial charge >= 0.3 is 6.03 Å². The van der Waals surface area contributed by atoms with Crippen molar-refractivity contribution in [3.05, 3.63) is 42.1 Å². The Morgan fingerprint density at radius 2 is 2.00 bits per heavy atom. The monoisotopic (exact) mass is 371 g/mol. The molecule has 0 bridgehead atoms. The number of nitrogens with zero attached hydrogens (tertiary/aromatic N) is 3. The zero-order valence-electron chi connectivity index (χ0n) is 15.1. The molecule has 2 heterocycles. The minimum absolute atomic E-state index is 0.101. The summed E-state index contributed by atoms with van der Waals surface area (Å²) in [6.07, 6.45) is 2.04. The number of imide groups is 1. The van der Waals surface area contributed by atoms with Crippen LogP contribution in [-0.4, -0.2) is 45.7 Å². The molecule has 4 amide bonds. The van der Waals surface area contributed by atoms with Gasteiger partial charge in [-0.25, -0.2) is 4.79 Å². The molecule has 9 heteroatoms. The van der Waals surface area contributed by atoms with Crippen molar-refractivity contribution in [3.8, 4) is 5.75 Å². The molecule has 1 atom stereocenters. The highest BCUT2D eigenvalue weighted by Gasteiger charge is 2.37. The van der Waals surface area contributed by atoms with Gasteiger partial charge in [0.05, 0.1) is 13.7 Å². The van der Waals surface area contributed by atoms with E-state index in [1.807, 2.05) is 0 Å². The van der Waals surface area contributed by atoms with Gasteiger partial charge in [-0.2, -0.15) is 5.10 Å². The maximum Gasteiger partial charge on any atom is 0.325 e. The second kappa shape index (κ2) is 7.90. The van der Waals surface area contributed by atoms with Crippen LogP contribution in [0.25, 0.3) is 0 Å². The number of hydrogen-bond donors (Lipinski definition) is 2. The van der Waals surface area contributed by atoms with Gasteiger partial charge in [0.1, 0.15) is 11.8 Å². The molecule has 1 aliphatic heterocycles. The van der Waals surface area contributed by atoms with Crippen LogP contribution in [0.5, 0.6) is 5.75 Å². The molecule has 0 radical (unpaired) electrons. The molecular formula is C18H21N5O4. The maximum absolute atomic E-state index is 12.5. The van der Waals surface area contributed by atoms with E-state index in [1.54, 1.807) is 55.4 Å².